The molecular weight excluding hydrogens is 242 g/mol. The summed E-state index contributed by atoms with van der Waals surface area (Å²) >= 11 is 0. The number of fused-ring (bicyclic) bond motifs is 1. The van der Waals surface area contributed by atoms with Crippen molar-refractivity contribution in [2.24, 2.45) is 0 Å². The Morgan fingerprint density at radius 3 is 3.05 bits per heavy atom. The van der Waals surface area contributed by atoms with Crippen LogP contribution in [-0.2, 0) is 4.74 Å². The molecule has 0 aliphatic carbocycles. The van der Waals surface area contributed by atoms with Crippen molar-refractivity contribution in [2.45, 2.75) is 18.9 Å². The Morgan fingerprint density at radius 1 is 1.42 bits per heavy atom. The minimum absolute atomic E-state index is 0.0283. The van der Waals surface area contributed by atoms with Crippen LogP contribution in [0.15, 0.2) is 34.7 Å². The second-order valence-corrected chi connectivity index (χ2v) is 5.08. The Bertz CT molecular complexity index is 557. The van der Waals surface area contributed by atoms with Gasteiger partial charge in [0.1, 0.15) is 11.7 Å². The Hall–Kier alpha value is -1.81. The zero-order valence-corrected chi connectivity index (χ0v) is 11.0. The van der Waals surface area contributed by atoms with E-state index in [4.69, 9.17) is 9.15 Å². The first kappa shape index (κ1) is 12.2. The predicted octanol–water partition coefficient (Wildman–Crippen LogP) is 2.68. The molecule has 0 radical (unpaired) electrons. The molecule has 1 aromatic heterocycles. The molecule has 0 bridgehead atoms. The fraction of sp³-hybridized carbons (Fsp3) is 0.400. The average Bonchev–Trinajstić information content (AvgIpc) is 2.82. The van der Waals surface area contributed by atoms with Crippen LogP contribution in [0.5, 0.6) is 0 Å². The molecule has 1 unspecified atom stereocenters. The van der Waals surface area contributed by atoms with Gasteiger partial charge >= 0.3 is 5.97 Å². The normalized spacial score (nSPS) is 20.6. The summed E-state index contributed by atoms with van der Waals surface area (Å²) in [6, 6.07) is 9.31. The number of nitrogens with zero attached hydrogens (tertiary/aromatic N) is 1. The van der Waals surface area contributed by atoms with Gasteiger partial charge < -0.3 is 14.1 Å². The second kappa shape index (κ2) is 5.05. The van der Waals surface area contributed by atoms with E-state index >= 15 is 0 Å². The van der Waals surface area contributed by atoms with Crippen molar-refractivity contribution in [2.75, 3.05) is 20.1 Å². The third-order valence-corrected chi connectivity index (χ3v) is 3.48. The van der Waals surface area contributed by atoms with E-state index in [1.807, 2.05) is 31.3 Å². The fourth-order valence-corrected chi connectivity index (χ4v) is 2.51. The van der Waals surface area contributed by atoms with E-state index in [1.165, 1.54) is 0 Å². The molecule has 3 rings (SSSR count). The number of para-hydroxylation sites is 1. The maximum atomic E-state index is 12.1. The van der Waals surface area contributed by atoms with Gasteiger partial charge in [0.15, 0.2) is 0 Å². The maximum Gasteiger partial charge on any atom is 0.374 e. The minimum atomic E-state index is -0.364. The number of furan rings is 1. The van der Waals surface area contributed by atoms with Crippen LogP contribution in [0.2, 0.25) is 0 Å². The predicted molar refractivity (Wildman–Crippen MR) is 72.1 cm³/mol. The molecule has 0 spiro atoms. The molecular formula is C15H17NO3. The second-order valence-electron chi connectivity index (χ2n) is 5.08. The summed E-state index contributed by atoms with van der Waals surface area (Å²) in [7, 11) is 2.04. The van der Waals surface area contributed by atoms with Crippen LogP contribution in [0.25, 0.3) is 11.0 Å². The minimum Gasteiger partial charge on any atom is -0.455 e. The van der Waals surface area contributed by atoms with Crippen LogP contribution in [0.4, 0.5) is 0 Å². The monoisotopic (exact) mass is 259 g/mol. The molecule has 1 aliphatic heterocycles. The molecule has 4 nitrogen and oxygen atoms in total. The first-order valence-electron chi connectivity index (χ1n) is 6.60. The van der Waals surface area contributed by atoms with E-state index in [0.29, 0.717) is 0 Å². The molecule has 1 fully saturated rings. The topological polar surface area (TPSA) is 42.7 Å². The summed E-state index contributed by atoms with van der Waals surface area (Å²) in [6.07, 6.45) is 1.96. The van der Waals surface area contributed by atoms with Crippen molar-refractivity contribution in [1.82, 2.24) is 4.90 Å². The highest BCUT2D eigenvalue weighted by Gasteiger charge is 2.23. The number of esters is 1. The Kier molecular flexibility index (Phi) is 3.25. The highest BCUT2D eigenvalue weighted by Crippen LogP contribution is 2.21. The number of rotatable bonds is 2. The van der Waals surface area contributed by atoms with Crippen molar-refractivity contribution >= 4 is 16.9 Å². The molecule has 0 N–H and O–H groups in total. The fourth-order valence-electron chi connectivity index (χ4n) is 2.51. The van der Waals surface area contributed by atoms with Crippen LogP contribution < -0.4 is 0 Å². The van der Waals surface area contributed by atoms with Gasteiger partial charge in [-0.05, 0) is 38.6 Å². The lowest BCUT2D eigenvalue weighted by Crippen LogP contribution is -2.38. The molecule has 1 aliphatic rings. The Labute approximate surface area is 111 Å². The number of carbonyl (C=O) groups is 1. The van der Waals surface area contributed by atoms with Crippen molar-refractivity contribution < 1.29 is 13.9 Å². The van der Waals surface area contributed by atoms with E-state index in [9.17, 15) is 4.79 Å². The average molecular weight is 259 g/mol. The quantitative estimate of drug-likeness (QED) is 0.778. The van der Waals surface area contributed by atoms with Crippen molar-refractivity contribution in [3.8, 4) is 0 Å². The first-order chi connectivity index (χ1) is 9.22. The highest BCUT2D eigenvalue weighted by molar-refractivity contribution is 5.92. The third-order valence-electron chi connectivity index (χ3n) is 3.48. The van der Waals surface area contributed by atoms with Crippen molar-refractivity contribution in [1.29, 1.82) is 0 Å². The van der Waals surface area contributed by atoms with Gasteiger partial charge in [0.25, 0.3) is 0 Å². The molecule has 1 atom stereocenters. The summed E-state index contributed by atoms with van der Waals surface area (Å²) in [6.45, 7) is 1.87. The number of likely N-dealkylation sites (N-methyl/N-ethyl adjacent to an activating group) is 1. The van der Waals surface area contributed by atoms with Crippen LogP contribution >= 0.6 is 0 Å². The van der Waals surface area contributed by atoms with E-state index in [-0.39, 0.29) is 17.8 Å². The molecule has 0 saturated carbocycles. The number of likely N-dealkylation sites (tertiary alicyclic amines) is 1. The Balaban J connectivity index is 1.72. The molecule has 2 heterocycles. The van der Waals surface area contributed by atoms with Gasteiger partial charge in [0, 0.05) is 11.9 Å². The lowest BCUT2D eigenvalue weighted by Gasteiger charge is -2.28. The summed E-state index contributed by atoms with van der Waals surface area (Å²) in [4.78, 5) is 14.2. The van der Waals surface area contributed by atoms with Crippen LogP contribution in [0.3, 0.4) is 0 Å². The molecule has 1 saturated heterocycles. The van der Waals surface area contributed by atoms with Gasteiger partial charge in [-0.3, -0.25) is 0 Å². The van der Waals surface area contributed by atoms with Crippen LogP contribution in [-0.4, -0.2) is 37.1 Å². The summed E-state index contributed by atoms with van der Waals surface area (Å²) < 4.78 is 11.0. The lowest BCUT2D eigenvalue weighted by atomic mass is 10.1. The van der Waals surface area contributed by atoms with Gasteiger partial charge in [-0.25, -0.2) is 4.79 Å². The molecule has 0 amide bonds. The summed E-state index contributed by atoms with van der Waals surface area (Å²) in [5, 5.41) is 0.926. The zero-order chi connectivity index (χ0) is 13.2. The number of carbonyl (C=O) groups excluding carboxylic acids is 1. The molecule has 100 valence electrons. The van der Waals surface area contributed by atoms with Gasteiger partial charge in [0.2, 0.25) is 5.76 Å². The van der Waals surface area contributed by atoms with E-state index in [0.717, 1.165) is 36.9 Å². The first-order valence-corrected chi connectivity index (χ1v) is 6.60. The van der Waals surface area contributed by atoms with E-state index in [2.05, 4.69) is 4.90 Å². The number of benzene rings is 1. The molecule has 2 aromatic rings. The number of hydrogen-bond donors (Lipinski definition) is 0. The zero-order valence-electron chi connectivity index (χ0n) is 11.0. The highest BCUT2D eigenvalue weighted by atomic mass is 16.6. The van der Waals surface area contributed by atoms with E-state index < -0.39 is 0 Å². The molecule has 1 aromatic carbocycles. The van der Waals surface area contributed by atoms with Gasteiger partial charge in [-0.1, -0.05) is 18.2 Å². The summed E-state index contributed by atoms with van der Waals surface area (Å²) in [5.74, 6) is -0.0778. The van der Waals surface area contributed by atoms with Gasteiger partial charge in [-0.15, -0.1) is 0 Å². The molecule has 4 heteroatoms. The van der Waals surface area contributed by atoms with Crippen LogP contribution in [0.1, 0.15) is 23.4 Å². The Morgan fingerprint density at radius 2 is 2.26 bits per heavy atom. The molecule has 19 heavy (non-hydrogen) atoms. The summed E-state index contributed by atoms with van der Waals surface area (Å²) in [5.41, 5.74) is 0.718. The van der Waals surface area contributed by atoms with Gasteiger partial charge in [0.05, 0.1) is 0 Å². The van der Waals surface area contributed by atoms with Gasteiger partial charge in [-0.2, -0.15) is 0 Å². The smallest absolute Gasteiger partial charge is 0.374 e. The standard InChI is InChI=1S/C15H17NO3/c1-16-8-4-6-12(10-16)18-15(17)14-9-11-5-2-3-7-13(11)19-14/h2-3,5,7,9,12H,4,6,8,10H2,1H3. The number of ether oxygens (including phenoxy) is 1. The largest absolute Gasteiger partial charge is 0.455 e. The number of hydrogen-bond acceptors (Lipinski definition) is 4. The maximum absolute atomic E-state index is 12.1. The lowest BCUT2D eigenvalue weighted by molar-refractivity contribution is 0.00797. The number of piperidine rings is 1. The van der Waals surface area contributed by atoms with Crippen LogP contribution in [0, 0.1) is 0 Å². The van der Waals surface area contributed by atoms with Crippen molar-refractivity contribution in [3.63, 3.8) is 0 Å². The SMILES string of the molecule is CN1CCCC(OC(=O)c2cc3ccccc3o2)C1. The third kappa shape index (κ3) is 2.63. The van der Waals surface area contributed by atoms with E-state index in [1.54, 1.807) is 6.07 Å². The van der Waals surface area contributed by atoms with Crippen molar-refractivity contribution in [3.05, 3.63) is 36.1 Å².